The predicted octanol–water partition coefficient (Wildman–Crippen LogP) is 2.42. The molecule has 2 aliphatic rings. The highest BCUT2D eigenvalue weighted by Crippen LogP contribution is 2.73. The van der Waals surface area contributed by atoms with Crippen molar-refractivity contribution in [3.05, 3.63) is 35.9 Å². The molecule has 0 N–H and O–H groups in total. The van der Waals surface area contributed by atoms with Gasteiger partial charge in [-0.15, -0.1) is 0 Å². The monoisotopic (exact) mass is 130 g/mol. The Labute approximate surface area is 60.9 Å². The maximum atomic E-state index is 2.26. The first kappa shape index (κ1) is 4.95. The van der Waals surface area contributed by atoms with Gasteiger partial charge < -0.3 is 0 Å². The molecule has 0 heteroatoms. The van der Waals surface area contributed by atoms with Crippen molar-refractivity contribution >= 4 is 0 Å². The molecule has 0 heterocycles. The molecule has 0 aliphatic heterocycles. The lowest BCUT2D eigenvalue weighted by atomic mass is 10.0. The molecule has 2 aliphatic carbocycles. The number of rotatable bonds is 1. The van der Waals surface area contributed by atoms with Crippen molar-refractivity contribution in [3.63, 3.8) is 0 Å². The summed E-state index contributed by atoms with van der Waals surface area (Å²) in [7, 11) is 0. The summed E-state index contributed by atoms with van der Waals surface area (Å²) < 4.78 is 0. The van der Waals surface area contributed by atoms with Crippen LogP contribution < -0.4 is 0 Å². The third kappa shape index (κ3) is 0.518. The summed E-state index contributed by atoms with van der Waals surface area (Å²) >= 11 is 0. The SMILES string of the molecule is c1ccc(C2C3CC32)cc1. The first-order valence-electron chi connectivity index (χ1n) is 4.02. The van der Waals surface area contributed by atoms with Crippen molar-refractivity contribution in [2.45, 2.75) is 12.3 Å². The number of benzene rings is 1. The van der Waals surface area contributed by atoms with Gasteiger partial charge >= 0.3 is 0 Å². The quantitative estimate of drug-likeness (QED) is 0.547. The van der Waals surface area contributed by atoms with Gasteiger partial charge in [-0.25, -0.2) is 0 Å². The van der Waals surface area contributed by atoms with Crippen LogP contribution in [0, 0.1) is 11.8 Å². The van der Waals surface area contributed by atoms with Crippen LogP contribution in [0.2, 0.25) is 0 Å². The van der Waals surface area contributed by atoms with Gasteiger partial charge in [-0.3, -0.25) is 0 Å². The minimum absolute atomic E-state index is 0.973. The molecule has 0 spiro atoms. The standard InChI is InChI=1S/C10H10/c1-2-4-7(5-3-1)10-8-6-9(8)10/h1-5,8-10H,6H2. The van der Waals surface area contributed by atoms with Crippen LogP contribution in [0.25, 0.3) is 0 Å². The van der Waals surface area contributed by atoms with Crippen molar-refractivity contribution in [3.8, 4) is 0 Å². The maximum absolute atomic E-state index is 2.26. The topological polar surface area (TPSA) is 0 Å². The third-order valence-electron chi connectivity index (χ3n) is 2.86. The molecule has 0 nitrogen and oxygen atoms in total. The highest BCUT2D eigenvalue weighted by atomic mass is 14.7. The smallest absolute Gasteiger partial charge is 0.00993 e. The Hall–Kier alpha value is -0.780. The molecular formula is C10H10. The van der Waals surface area contributed by atoms with Crippen LogP contribution in [0.5, 0.6) is 0 Å². The Morgan fingerprint density at radius 2 is 1.70 bits per heavy atom. The van der Waals surface area contributed by atoms with Gasteiger partial charge in [0.25, 0.3) is 0 Å². The second-order valence-corrected chi connectivity index (χ2v) is 3.50. The third-order valence-corrected chi connectivity index (χ3v) is 2.86. The molecule has 10 heavy (non-hydrogen) atoms. The second-order valence-electron chi connectivity index (χ2n) is 3.50. The van der Waals surface area contributed by atoms with Gasteiger partial charge in [0.2, 0.25) is 0 Å². The zero-order valence-electron chi connectivity index (χ0n) is 5.83. The summed E-state index contributed by atoms with van der Waals surface area (Å²) in [4.78, 5) is 0. The van der Waals surface area contributed by atoms with Gasteiger partial charge in [-0.1, -0.05) is 30.3 Å². The first-order valence-corrected chi connectivity index (χ1v) is 4.02. The fourth-order valence-electron chi connectivity index (χ4n) is 1.95. The van der Waals surface area contributed by atoms with Crippen molar-refractivity contribution < 1.29 is 0 Å². The molecule has 3 rings (SSSR count). The number of fused-ring (bicyclic) bond motifs is 1. The van der Waals surface area contributed by atoms with Gasteiger partial charge in [0.15, 0.2) is 0 Å². The van der Waals surface area contributed by atoms with Gasteiger partial charge in [-0.2, -0.15) is 0 Å². The van der Waals surface area contributed by atoms with E-state index in [9.17, 15) is 0 Å². The molecule has 0 radical (unpaired) electrons. The van der Waals surface area contributed by atoms with Crippen LogP contribution in [-0.4, -0.2) is 0 Å². The normalized spacial score (nSPS) is 40.6. The summed E-state index contributed by atoms with van der Waals surface area (Å²) in [5.74, 6) is 3.17. The van der Waals surface area contributed by atoms with Crippen molar-refractivity contribution in [2.75, 3.05) is 0 Å². The maximum Gasteiger partial charge on any atom is -0.00993 e. The highest BCUT2D eigenvalue weighted by Gasteiger charge is 2.64. The van der Waals surface area contributed by atoms with E-state index in [4.69, 9.17) is 0 Å². The summed E-state index contributed by atoms with van der Waals surface area (Å²) in [6.45, 7) is 0. The fourth-order valence-corrected chi connectivity index (χ4v) is 1.95. The molecule has 0 amide bonds. The summed E-state index contributed by atoms with van der Waals surface area (Å²) in [6.07, 6.45) is 1.51. The van der Waals surface area contributed by atoms with E-state index in [-0.39, 0.29) is 0 Å². The zero-order chi connectivity index (χ0) is 6.55. The molecular weight excluding hydrogens is 120 g/mol. The largest absolute Gasteiger partial charge is 0.0622 e. The Morgan fingerprint density at radius 1 is 1.00 bits per heavy atom. The van der Waals surface area contributed by atoms with Crippen LogP contribution >= 0.6 is 0 Å². The average Bonchev–Trinajstić information content (AvgIpc) is 2.75. The van der Waals surface area contributed by atoms with Gasteiger partial charge in [0.05, 0.1) is 0 Å². The van der Waals surface area contributed by atoms with Crippen molar-refractivity contribution in [1.29, 1.82) is 0 Å². The molecule has 1 aromatic carbocycles. The predicted molar refractivity (Wildman–Crippen MR) is 40.8 cm³/mol. The summed E-state index contributed by atoms with van der Waals surface area (Å²) in [6, 6.07) is 10.9. The minimum atomic E-state index is 0.973. The van der Waals surface area contributed by atoms with E-state index in [0.717, 1.165) is 17.8 Å². The molecule has 2 atom stereocenters. The van der Waals surface area contributed by atoms with E-state index in [1.807, 2.05) is 0 Å². The molecule has 2 fully saturated rings. The molecule has 0 aromatic heterocycles. The Morgan fingerprint density at radius 3 is 2.20 bits per heavy atom. The van der Waals surface area contributed by atoms with Crippen LogP contribution in [0.3, 0.4) is 0 Å². The highest BCUT2D eigenvalue weighted by molar-refractivity contribution is 5.34. The molecule has 0 bridgehead atoms. The molecule has 2 saturated carbocycles. The first-order chi connectivity index (χ1) is 4.97. The van der Waals surface area contributed by atoms with Gasteiger partial charge in [-0.05, 0) is 29.7 Å². The van der Waals surface area contributed by atoms with Crippen molar-refractivity contribution in [1.82, 2.24) is 0 Å². The lowest BCUT2D eigenvalue weighted by molar-refractivity contribution is 0.778. The van der Waals surface area contributed by atoms with E-state index in [1.54, 1.807) is 5.56 Å². The Balaban J connectivity index is 1.94. The number of hydrogen-bond acceptors (Lipinski definition) is 0. The zero-order valence-corrected chi connectivity index (χ0v) is 5.83. The lowest BCUT2D eigenvalue weighted by Crippen LogP contribution is -1.85. The fraction of sp³-hybridized carbons (Fsp3) is 0.400. The Bertz CT molecular complexity index is 242. The lowest BCUT2D eigenvalue weighted by Gasteiger charge is -2.01. The van der Waals surface area contributed by atoms with Gasteiger partial charge in [0.1, 0.15) is 0 Å². The second kappa shape index (κ2) is 1.45. The van der Waals surface area contributed by atoms with E-state index >= 15 is 0 Å². The van der Waals surface area contributed by atoms with E-state index in [1.165, 1.54) is 6.42 Å². The number of hydrogen-bond donors (Lipinski definition) is 0. The Kier molecular flexibility index (Phi) is 0.715. The van der Waals surface area contributed by atoms with Crippen LogP contribution in [0.1, 0.15) is 17.9 Å². The van der Waals surface area contributed by atoms with Gasteiger partial charge in [0, 0.05) is 0 Å². The summed E-state index contributed by atoms with van der Waals surface area (Å²) in [5, 5.41) is 0. The van der Waals surface area contributed by atoms with E-state index in [0.29, 0.717) is 0 Å². The van der Waals surface area contributed by atoms with E-state index < -0.39 is 0 Å². The molecule has 50 valence electrons. The molecule has 2 unspecified atom stereocenters. The van der Waals surface area contributed by atoms with E-state index in [2.05, 4.69) is 30.3 Å². The van der Waals surface area contributed by atoms with Crippen LogP contribution in [0.4, 0.5) is 0 Å². The van der Waals surface area contributed by atoms with Crippen LogP contribution in [0.15, 0.2) is 30.3 Å². The molecule has 0 saturated heterocycles. The van der Waals surface area contributed by atoms with Crippen molar-refractivity contribution in [2.24, 2.45) is 11.8 Å². The van der Waals surface area contributed by atoms with Crippen LogP contribution in [-0.2, 0) is 0 Å². The molecule has 1 aromatic rings. The minimum Gasteiger partial charge on any atom is -0.0622 e. The average molecular weight is 130 g/mol. The summed E-state index contributed by atoms with van der Waals surface area (Å²) in [5.41, 5.74) is 1.57.